The Morgan fingerprint density at radius 3 is 2.50 bits per heavy atom. The predicted molar refractivity (Wildman–Crippen MR) is 37.4 cm³/mol. The van der Waals surface area contributed by atoms with E-state index in [0.29, 0.717) is 0 Å². The number of nitrogens with two attached hydrogens (primary N) is 1. The average Bonchev–Trinajstić information content (AvgIpc) is 1.94. The Balaban J connectivity index is 2.86. The summed E-state index contributed by atoms with van der Waals surface area (Å²) in [7, 11) is 0. The van der Waals surface area contributed by atoms with Crippen LogP contribution in [0.4, 0.5) is 18.9 Å². The minimum absolute atomic E-state index is 0.161. The Morgan fingerprint density at radius 1 is 1.33 bits per heavy atom. The summed E-state index contributed by atoms with van der Waals surface area (Å²) in [6.07, 6.45) is 0. The van der Waals surface area contributed by atoms with Gasteiger partial charge in [-0.1, -0.05) is 0 Å². The second kappa shape index (κ2) is 3.34. The van der Waals surface area contributed by atoms with Gasteiger partial charge < -0.3 is 10.5 Å². The summed E-state index contributed by atoms with van der Waals surface area (Å²) in [6.45, 7) is -3.02. The highest BCUT2D eigenvalue weighted by Gasteiger charge is 2.08. The molecule has 0 aliphatic heterocycles. The van der Waals surface area contributed by atoms with Gasteiger partial charge >= 0.3 is 6.61 Å². The van der Waals surface area contributed by atoms with Gasteiger partial charge in [-0.15, -0.1) is 0 Å². The minimum Gasteiger partial charge on any atom is -0.432 e. The molecule has 0 heterocycles. The molecule has 0 fully saturated rings. The van der Waals surface area contributed by atoms with Gasteiger partial charge in [-0.3, -0.25) is 0 Å². The molecule has 0 amide bonds. The number of ether oxygens (including phenoxy) is 1. The van der Waals surface area contributed by atoms with Gasteiger partial charge in [0.05, 0.1) is 0 Å². The van der Waals surface area contributed by atoms with Gasteiger partial charge in [0.2, 0.25) is 0 Å². The van der Waals surface area contributed by atoms with Crippen molar-refractivity contribution in [3.05, 3.63) is 24.0 Å². The number of benzene rings is 1. The predicted octanol–water partition coefficient (Wildman–Crippen LogP) is 2.01. The molecule has 5 heteroatoms. The maximum Gasteiger partial charge on any atom is 0.387 e. The van der Waals surface area contributed by atoms with Gasteiger partial charge in [-0.2, -0.15) is 8.78 Å². The van der Waals surface area contributed by atoms with Gasteiger partial charge in [0.15, 0.2) is 11.6 Å². The molecular formula is C7H6F3NO. The van der Waals surface area contributed by atoms with E-state index in [1.807, 2.05) is 0 Å². The summed E-state index contributed by atoms with van der Waals surface area (Å²) >= 11 is 0. The van der Waals surface area contributed by atoms with Crippen LogP contribution >= 0.6 is 0 Å². The lowest BCUT2D eigenvalue weighted by molar-refractivity contribution is -0.0521. The molecule has 0 unspecified atom stereocenters. The van der Waals surface area contributed by atoms with E-state index in [9.17, 15) is 13.2 Å². The second-order valence-corrected chi connectivity index (χ2v) is 2.07. The summed E-state index contributed by atoms with van der Waals surface area (Å²) in [5.74, 6) is -1.39. The van der Waals surface area contributed by atoms with Gasteiger partial charge in [0.25, 0.3) is 0 Å². The fourth-order valence-electron chi connectivity index (χ4n) is 0.709. The van der Waals surface area contributed by atoms with E-state index in [2.05, 4.69) is 4.74 Å². The normalized spacial score (nSPS) is 10.3. The summed E-state index contributed by atoms with van der Waals surface area (Å²) in [5.41, 5.74) is 5.34. The molecule has 1 aromatic rings. The van der Waals surface area contributed by atoms with Crippen molar-refractivity contribution in [1.82, 2.24) is 0 Å². The van der Waals surface area contributed by atoms with Crippen LogP contribution in [-0.2, 0) is 0 Å². The van der Waals surface area contributed by atoms with Crippen molar-refractivity contribution in [1.29, 1.82) is 0 Å². The first-order valence-corrected chi connectivity index (χ1v) is 3.09. The van der Waals surface area contributed by atoms with E-state index in [1.165, 1.54) is 6.07 Å². The zero-order valence-electron chi connectivity index (χ0n) is 5.93. The van der Waals surface area contributed by atoms with Crippen molar-refractivity contribution in [3.8, 4) is 5.75 Å². The standard InChI is InChI=1S/C7H6F3NO/c8-5-3-4(11)1-2-6(5)12-7(9)10/h1-3,7H,11H2. The lowest BCUT2D eigenvalue weighted by Gasteiger charge is -2.05. The molecular weight excluding hydrogens is 171 g/mol. The van der Waals surface area contributed by atoms with Gasteiger partial charge in [0, 0.05) is 11.8 Å². The quantitative estimate of drug-likeness (QED) is 0.701. The monoisotopic (exact) mass is 177 g/mol. The second-order valence-electron chi connectivity index (χ2n) is 2.07. The lowest BCUT2D eigenvalue weighted by Crippen LogP contribution is -2.03. The van der Waals surface area contributed by atoms with Crippen LogP contribution in [0.3, 0.4) is 0 Å². The Labute approximate surface area is 66.7 Å². The number of rotatable bonds is 2. The zero-order valence-corrected chi connectivity index (χ0v) is 5.93. The molecule has 0 aliphatic rings. The van der Waals surface area contributed by atoms with E-state index in [4.69, 9.17) is 5.73 Å². The number of halogens is 3. The maximum atomic E-state index is 12.7. The molecule has 1 rings (SSSR count). The third-order valence-corrected chi connectivity index (χ3v) is 1.17. The molecule has 0 saturated heterocycles. The molecule has 0 saturated carbocycles. The van der Waals surface area contributed by atoms with E-state index in [-0.39, 0.29) is 5.69 Å². The number of anilines is 1. The van der Waals surface area contributed by atoms with Crippen LogP contribution in [0.5, 0.6) is 5.75 Å². The third kappa shape index (κ3) is 2.05. The van der Waals surface area contributed by atoms with E-state index >= 15 is 0 Å². The summed E-state index contributed by atoms with van der Waals surface area (Å²) < 4.78 is 39.7. The Hall–Kier alpha value is -1.39. The van der Waals surface area contributed by atoms with Crippen LogP contribution in [0.2, 0.25) is 0 Å². The van der Waals surface area contributed by atoms with Crippen molar-refractivity contribution in [2.45, 2.75) is 6.61 Å². The van der Waals surface area contributed by atoms with Crippen molar-refractivity contribution in [2.24, 2.45) is 0 Å². The summed E-state index contributed by atoms with van der Waals surface area (Å²) in [4.78, 5) is 0. The van der Waals surface area contributed by atoms with Crippen LogP contribution in [-0.4, -0.2) is 6.61 Å². The molecule has 0 aliphatic carbocycles. The lowest BCUT2D eigenvalue weighted by atomic mass is 10.3. The molecule has 0 spiro atoms. The highest BCUT2D eigenvalue weighted by Crippen LogP contribution is 2.20. The first-order chi connectivity index (χ1) is 5.59. The van der Waals surface area contributed by atoms with Crippen LogP contribution in [0.15, 0.2) is 18.2 Å². The Bertz CT molecular complexity index is 277. The smallest absolute Gasteiger partial charge is 0.387 e. The molecule has 2 N–H and O–H groups in total. The third-order valence-electron chi connectivity index (χ3n) is 1.17. The van der Waals surface area contributed by atoms with Crippen molar-refractivity contribution in [3.63, 3.8) is 0 Å². The van der Waals surface area contributed by atoms with Crippen LogP contribution in [0.25, 0.3) is 0 Å². The molecule has 0 radical (unpaired) electrons. The van der Waals surface area contributed by atoms with Crippen LogP contribution < -0.4 is 10.5 Å². The number of hydrogen-bond acceptors (Lipinski definition) is 2. The topological polar surface area (TPSA) is 35.2 Å². The molecule has 12 heavy (non-hydrogen) atoms. The van der Waals surface area contributed by atoms with Crippen molar-refractivity contribution >= 4 is 5.69 Å². The Morgan fingerprint density at radius 2 is 2.00 bits per heavy atom. The van der Waals surface area contributed by atoms with E-state index in [0.717, 1.165) is 12.1 Å². The fraction of sp³-hybridized carbons (Fsp3) is 0.143. The SMILES string of the molecule is Nc1ccc(OC(F)F)c(F)c1. The molecule has 0 atom stereocenters. The summed E-state index contributed by atoms with van der Waals surface area (Å²) in [6, 6.07) is 3.25. The Kier molecular flexibility index (Phi) is 2.42. The van der Waals surface area contributed by atoms with Crippen LogP contribution in [0, 0.1) is 5.82 Å². The van der Waals surface area contributed by atoms with Gasteiger partial charge in [-0.05, 0) is 12.1 Å². The minimum atomic E-state index is -3.02. The number of alkyl halides is 2. The van der Waals surface area contributed by atoms with E-state index in [1.54, 1.807) is 0 Å². The number of nitrogen functional groups attached to an aromatic ring is 1. The van der Waals surface area contributed by atoms with Gasteiger partial charge in [0.1, 0.15) is 0 Å². The molecule has 0 bridgehead atoms. The average molecular weight is 177 g/mol. The first kappa shape index (κ1) is 8.70. The molecule has 1 aromatic carbocycles. The molecule has 66 valence electrons. The van der Waals surface area contributed by atoms with Crippen LogP contribution in [0.1, 0.15) is 0 Å². The van der Waals surface area contributed by atoms with Gasteiger partial charge in [-0.25, -0.2) is 4.39 Å². The summed E-state index contributed by atoms with van der Waals surface area (Å²) in [5, 5.41) is 0. The largest absolute Gasteiger partial charge is 0.432 e. The molecule has 2 nitrogen and oxygen atoms in total. The number of hydrogen-bond donors (Lipinski definition) is 1. The zero-order chi connectivity index (χ0) is 9.14. The molecule has 0 aromatic heterocycles. The fourth-order valence-corrected chi connectivity index (χ4v) is 0.709. The highest BCUT2D eigenvalue weighted by molar-refractivity contribution is 5.42. The van der Waals surface area contributed by atoms with Crippen molar-refractivity contribution < 1.29 is 17.9 Å². The maximum absolute atomic E-state index is 12.7. The van der Waals surface area contributed by atoms with Crippen molar-refractivity contribution in [2.75, 3.05) is 5.73 Å². The van der Waals surface area contributed by atoms with E-state index < -0.39 is 18.2 Å². The highest BCUT2D eigenvalue weighted by atomic mass is 19.3. The first-order valence-electron chi connectivity index (χ1n) is 3.09.